The second kappa shape index (κ2) is 38.9. The highest BCUT2D eigenvalue weighted by Crippen LogP contribution is 2.22. The molecule has 0 aromatic heterocycles. The largest absolute Gasteiger partial charge is 0.457 e. The SMILES string of the molecule is CCC/C=C\C/C=C\CCCCCCCCOCC(COC1OC(CO)C(O)C(O)C1O)OC(=O)CCCCCCCCCCC/C=C\CCCCCCCC. The van der Waals surface area contributed by atoms with Gasteiger partial charge in [0.05, 0.1) is 19.8 Å². The van der Waals surface area contributed by atoms with Crippen molar-refractivity contribution in [3.8, 4) is 0 Å². The Labute approximate surface area is 342 Å². The first-order chi connectivity index (χ1) is 27.4. The molecule has 328 valence electrons. The van der Waals surface area contributed by atoms with Crippen molar-refractivity contribution >= 4 is 5.97 Å². The maximum Gasteiger partial charge on any atom is 0.306 e. The van der Waals surface area contributed by atoms with Crippen molar-refractivity contribution in [1.82, 2.24) is 0 Å². The zero-order valence-electron chi connectivity index (χ0n) is 35.9. The van der Waals surface area contributed by atoms with Gasteiger partial charge in [-0.2, -0.15) is 0 Å². The van der Waals surface area contributed by atoms with Gasteiger partial charge in [0.25, 0.3) is 0 Å². The zero-order chi connectivity index (χ0) is 40.7. The van der Waals surface area contributed by atoms with Crippen molar-refractivity contribution < 1.29 is 44.2 Å². The monoisotopic (exact) mass is 795 g/mol. The molecule has 1 fully saturated rings. The van der Waals surface area contributed by atoms with Crippen LogP contribution in [0, 0.1) is 0 Å². The van der Waals surface area contributed by atoms with Gasteiger partial charge in [0.1, 0.15) is 30.5 Å². The topological polar surface area (TPSA) is 135 Å². The highest BCUT2D eigenvalue weighted by molar-refractivity contribution is 5.69. The Hall–Kier alpha value is -1.59. The Morgan fingerprint density at radius 2 is 1.07 bits per heavy atom. The first kappa shape index (κ1) is 52.4. The molecule has 0 saturated carbocycles. The molecule has 1 saturated heterocycles. The number of esters is 1. The molecule has 6 unspecified atom stereocenters. The van der Waals surface area contributed by atoms with Gasteiger partial charge in [-0.25, -0.2) is 0 Å². The highest BCUT2D eigenvalue weighted by atomic mass is 16.7. The molecule has 0 spiro atoms. The van der Waals surface area contributed by atoms with Gasteiger partial charge in [-0.3, -0.25) is 4.79 Å². The summed E-state index contributed by atoms with van der Waals surface area (Å²) in [4.78, 5) is 12.8. The van der Waals surface area contributed by atoms with E-state index in [0.29, 0.717) is 13.0 Å². The van der Waals surface area contributed by atoms with E-state index in [0.717, 1.165) is 57.8 Å². The molecule has 9 heteroatoms. The molecule has 0 aromatic carbocycles. The highest BCUT2D eigenvalue weighted by Gasteiger charge is 2.44. The van der Waals surface area contributed by atoms with E-state index in [1.165, 1.54) is 116 Å². The van der Waals surface area contributed by atoms with E-state index in [1.54, 1.807) is 0 Å². The van der Waals surface area contributed by atoms with E-state index < -0.39 is 43.4 Å². The molecular formula is C47H86O9. The summed E-state index contributed by atoms with van der Waals surface area (Å²) in [5, 5.41) is 40.1. The summed E-state index contributed by atoms with van der Waals surface area (Å²) in [5.41, 5.74) is 0. The summed E-state index contributed by atoms with van der Waals surface area (Å²) in [6, 6.07) is 0. The van der Waals surface area contributed by atoms with Crippen molar-refractivity contribution in [2.24, 2.45) is 0 Å². The predicted molar refractivity (Wildman–Crippen MR) is 228 cm³/mol. The van der Waals surface area contributed by atoms with Gasteiger partial charge in [0.2, 0.25) is 0 Å². The third-order valence-corrected chi connectivity index (χ3v) is 10.5. The van der Waals surface area contributed by atoms with Crippen molar-refractivity contribution in [3.05, 3.63) is 36.5 Å². The first-order valence-corrected chi connectivity index (χ1v) is 23.1. The molecular weight excluding hydrogens is 709 g/mol. The average molecular weight is 795 g/mol. The molecule has 1 aliphatic heterocycles. The van der Waals surface area contributed by atoms with Crippen LogP contribution in [0.15, 0.2) is 36.5 Å². The number of hydrogen-bond acceptors (Lipinski definition) is 9. The minimum Gasteiger partial charge on any atom is -0.457 e. The fourth-order valence-corrected chi connectivity index (χ4v) is 6.88. The molecule has 0 aromatic rings. The molecule has 1 heterocycles. The van der Waals surface area contributed by atoms with E-state index in [9.17, 15) is 25.2 Å². The molecule has 0 aliphatic carbocycles. The quantitative estimate of drug-likeness (QED) is 0.0272. The van der Waals surface area contributed by atoms with Crippen LogP contribution >= 0.6 is 0 Å². The number of unbranched alkanes of at least 4 members (excludes halogenated alkanes) is 22. The lowest BCUT2D eigenvalue weighted by Gasteiger charge is -2.39. The van der Waals surface area contributed by atoms with Crippen LogP contribution in [-0.2, 0) is 23.7 Å². The van der Waals surface area contributed by atoms with Crippen LogP contribution in [0.25, 0.3) is 0 Å². The van der Waals surface area contributed by atoms with Crippen LogP contribution in [0.4, 0.5) is 0 Å². The summed E-state index contributed by atoms with van der Waals surface area (Å²) in [7, 11) is 0. The summed E-state index contributed by atoms with van der Waals surface area (Å²) >= 11 is 0. The maximum absolute atomic E-state index is 12.8. The average Bonchev–Trinajstić information content (AvgIpc) is 3.20. The number of aliphatic hydroxyl groups excluding tert-OH is 4. The molecule has 6 atom stereocenters. The molecule has 4 N–H and O–H groups in total. The van der Waals surface area contributed by atoms with Gasteiger partial charge in [-0.05, 0) is 64.2 Å². The lowest BCUT2D eigenvalue weighted by atomic mass is 9.99. The lowest BCUT2D eigenvalue weighted by Crippen LogP contribution is -2.59. The van der Waals surface area contributed by atoms with Crippen LogP contribution in [0.3, 0.4) is 0 Å². The summed E-state index contributed by atoms with van der Waals surface area (Å²) in [6.07, 6.45) is 38.8. The fraction of sp³-hybridized carbons (Fsp3) is 0.851. The second-order valence-corrected chi connectivity index (χ2v) is 15.8. The maximum atomic E-state index is 12.8. The van der Waals surface area contributed by atoms with Gasteiger partial charge in [0, 0.05) is 13.0 Å². The number of ether oxygens (including phenoxy) is 4. The van der Waals surface area contributed by atoms with Crippen molar-refractivity contribution in [3.63, 3.8) is 0 Å². The Morgan fingerprint density at radius 1 is 0.571 bits per heavy atom. The molecule has 1 aliphatic rings. The van der Waals surface area contributed by atoms with Gasteiger partial charge in [0.15, 0.2) is 6.29 Å². The molecule has 0 radical (unpaired) electrons. The van der Waals surface area contributed by atoms with Gasteiger partial charge < -0.3 is 39.4 Å². The van der Waals surface area contributed by atoms with E-state index >= 15 is 0 Å². The summed E-state index contributed by atoms with van der Waals surface area (Å²) in [5.74, 6) is -0.320. The van der Waals surface area contributed by atoms with Crippen molar-refractivity contribution in [1.29, 1.82) is 0 Å². The number of allylic oxidation sites excluding steroid dienone is 6. The Bertz CT molecular complexity index is 952. The third kappa shape index (κ3) is 29.6. The van der Waals surface area contributed by atoms with Crippen molar-refractivity contribution in [2.45, 2.75) is 230 Å². The predicted octanol–water partition coefficient (Wildman–Crippen LogP) is 10.4. The Balaban J connectivity index is 2.25. The van der Waals surface area contributed by atoms with Crippen LogP contribution in [0.5, 0.6) is 0 Å². The van der Waals surface area contributed by atoms with Crippen LogP contribution < -0.4 is 0 Å². The van der Waals surface area contributed by atoms with Crippen LogP contribution in [0.1, 0.15) is 194 Å². The lowest BCUT2D eigenvalue weighted by molar-refractivity contribution is -0.305. The minimum atomic E-state index is -1.54. The summed E-state index contributed by atoms with van der Waals surface area (Å²) < 4.78 is 22.8. The first-order valence-electron chi connectivity index (χ1n) is 23.1. The summed E-state index contributed by atoms with van der Waals surface area (Å²) in [6.45, 7) is 4.48. The molecule has 1 rings (SSSR count). The Kier molecular flexibility index (Phi) is 36.4. The number of hydrogen-bond donors (Lipinski definition) is 4. The Morgan fingerprint density at radius 3 is 1.62 bits per heavy atom. The minimum absolute atomic E-state index is 0.118. The number of rotatable bonds is 39. The van der Waals surface area contributed by atoms with E-state index in [4.69, 9.17) is 18.9 Å². The van der Waals surface area contributed by atoms with Gasteiger partial charge >= 0.3 is 5.97 Å². The van der Waals surface area contributed by atoms with Crippen LogP contribution in [-0.4, -0.2) is 89.6 Å². The van der Waals surface area contributed by atoms with Crippen LogP contribution in [0.2, 0.25) is 0 Å². The molecule has 9 nitrogen and oxygen atoms in total. The number of carbonyl (C=O) groups excluding carboxylic acids is 1. The smallest absolute Gasteiger partial charge is 0.306 e. The standard InChI is InChI=1S/C47H86O9/c1-3-5-7-9-11-13-15-17-19-20-21-22-23-24-26-28-30-32-34-36-43(49)55-41(40-54-47-46(52)45(51)44(50)42(38-48)56-47)39-53-37-35-33-31-29-27-25-18-16-14-12-10-8-6-4-2/h8,10,14,16-17,19,41-42,44-48,50-52H,3-7,9,11-13,15,18,20-40H2,1-2H3/b10-8-,16-14-,19-17-. The molecule has 0 amide bonds. The van der Waals surface area contributed by atoms with E-state index in [-0.39, 0.29) is 19.2 Å². The normalized spacial score (nSPS) is 20.9. The third-order valence-electron chi connectivity index (χ3n) is 10.5. The van der Waals surface area contributed by atoms with Gasteiger partial charge in [-0.1, -0.05) is 159 Å². The molecule has 0 bridgehead atoms. The van der Waals surface area contributed by atoms with Gasteiger partial charge in [-0.15, -0.1) is 0 Å². The van der Waals surface area contributed by atoms with E-state index in [2.05, 4.69) is 50.3 Å². The van der Waals surface area contributed by atoms with E-state index in [1.807, 2.05) is 0 Å². The number of aliphatic hydroxyl groups is 4. The second-order valence-electron chi connectivity index (χ2n) is 15.8. The molecule has 56 heavy (non-hydrogen) atoms. The number of carbonyl (C=O) groups is 1. The zero-order valence-corrected chi connectivity index (χ0v) is 35.9. The van der Waals surface area contributed by atoms with Crippen molar-refractivity contribution in [2.75, 3.05) is 26.4 Å². The fourth-order valence-electron chi connectivity index (χ4n) is 6.88.